The molecule has 2 N–H and O–H groups in total. The van der Waals surface area contributed by atoms with Crippen LogP contribution < -0.4 is 5.49 Å². The van der Waals surface area contributed by atoms with Crippen LogP contribution in [-0.2, 0) is 12.8 Å². The number of nitrogens with one attached hydrogen (secondary N) is 1. The van der Waals surface area contributed by atoms with Crippen LogP contribution in [0.25, 0.3) is 0 Å². The Morgan fingerprint density at radius 2 is 2.00 bits per heavy atom. The first-order valence-electron chi connectivity index (χ1n) is 5.28. The van der Waals surface area contributed by atoms with Crippen LogP contribution in [0.3, 0.4) is 0 Å². The number of hydrogen-bond donors (Lipinski definition) is 2. The Morgan fingerprint density at radius 1 is 1.35 bits per heavy atom. The van der Waals surface area contributed by atoms with Gasteiger partial charge in [-0.25, -0.2) is 0 Å². The molecule has 0 atom stereocenters. The second kappa shape index (κ2) is 6.83. The zero-order chi connectivity index (χ0) is 10.8. The zero-order valence-electron chi connectivity index (χ0n) is 9.72. The van der Waals surface area contributed by atoms with Crippen LogP contribution in [0.1, 0.15) is 18.3 Å². The second-order valence-corrected chi connectivity index (χ2v) is 3.78. The maximum atomic E-state index is 9.70. The van der Waals surface area contributed by atoms with Gasteiger partial charge in [0.2, 0.25) is 0 Å². The molecule has 17 heavy (non-hydrogen) atoms. The highest BCUT2D eigenvalue weighted by Crippen LogP contribution is 2.10. The number of hydrogen-bond acceptors (Lipinski definition) is 4. The van der Waals surface area contributed by atoms with E-state index in [0.29, 0.717) is 0 Å². The van der Waals surface area contributed by atoms with Gasteiger partial charge in [0.25, 0.3) is 0 Å². The lowest BCUT2D eigenvalue weighted by atomic mass is 10.2. The van der Waals surface area contributed by atoms with Crippen LogP contribution >= 0.6 is 24.8 Å². The largest absolute Gasteiger partial charge is 0.427 e. The molecule has 1 aromatic heterocycles. The molecular weight excluding hydrogens is 263 g/mol. The fourth-order valence-corrected chi connectivity index (χ4v) is 1.95. The van der Waals surface area contributed by atoms with E-state index >= 15 is 0 Å². The van der Waals surface area contributed by atoms with E-state index in [4.69, 9.17) is 5.41 Å². The monoisotopic (exact) mass is 280 g/mol. The first kappa shape index (κ1) is 16.2. The van der Waals surface area contributed by atoms with Gasteiger partial charge in [0.15, 0.2) is 5.49 Å². The number of fused-ring (bicyclic) bond motifs is 1. The Hall–Kier alpha value is -0.780. The van der Waals surface area contributed by atoms with Crippen LogP contribution in [0.15, 0.2) is 6.20 Å². The highest BCUT2D eigenvalue weighted by molar-refractivity contribution is 5.85. The Labute approximate surface area is 113 Å². The molecule has 2 heterocycles. The summed E-state index contributed by atoms with van der Waals surface area (Å²) in [5, 5.41) is 17.2. The van der Waals surface area contributed by atoms with Crippen molar-refractivity contribution in [3.63, 3.8) is 0 Å². The van der Waals surface area contributed by atoms with Crippen molar-refractivity contribution in [2.24, 2.45) is 0 Å². The number of aromatic nitrogens is 2. The molecule has 0 amide bonds. The molecule has 1 aliphatic heterocycles. The van der Waals surface area contributed by atoms with Gasteiger partial charge in [0, 0.05) is 25.9 Å². The number of likely N-dealkylation sites (N-methyl/N-ethyl adjacent to an activating group) is 1. The molecular formula is C10H18Cl2N4O. The summed E-state index contributed by atoms with van der Waals surface area (Å²) in [5.41, 5.74) is 1.77. The molecule has 0 saturated heterocycles. The number of nitrogens with zero attached hydrogens (tertiary/aromatic N) is 3. The average Bonchev–Trinajstić information content (AvgIpc) is 2.46. The highest BCUT2D eigenvalue weighted by Gasteiger charge is 2.16. The summed E-state index contributed by atoms with van der Waals surface area (Å²) in [6.07, 6.45) is 3.02. The lowest BCUT2D eigenvalue weighted by Gasteiger charge is -2.15. The molecule has 0 aromatic carbocycles. The van der Waals surface area contributed by atoms with Crippen molar-refractivity contribution in [2.45, 2.75) is 19.8 Å². The van der Waals surface area contributed by atoms with E-state index in [9.17, 15) is 5.21 Å². The molecule has 0 unspecified atom stereocenters. The molecule has 0 spiro atoms. The molecule has 0 bridgehead atoms. The van der Waals surface area contributed by atoms with Crippen molar-refractivity contribution < 1.29 is 5.21 Å². The lowest BCUT2D eigenvalue weighted by Crippen LogP contribution is -2.26. The predicted octanol–water partition coefficient (Wildman–Crippen LogP) is 0.864. The van der Waals surface area contributed by atoms with Crippen molar-refractivity contribution in [1.82, 2.24) is 14.6 Å². The summed E-state index contributed by atoms with van der Waals surface area (Å²) in [5.74, 6) is 0. The molecule has 2 rings (SSSR count). The van der Waals surface area contributed by atoms with E-state index in [1.165, 1.54) is 6.20 Å². The second-order valence-electron chi connectivity index (χ2n) is 3.78. The van der Waals surface area contributed by atoms with Gasteiger partial charge in [0.1, 0.15) is 0 Å². The minimum absolute atomic E-state index is 0. The van der Waals surface area contributed by atoms with E-state index in [1.54, 1.807) is 0 Å². The van der Waals surface area contributed by atoms with Crippen molar-refractivity contribution in [1.29, 1.82) is 5.41 Å². The minimum atomic E-state index is 0. The van der Waals surface area contributed by atoms with E-state index in [0.717, 1.165) is 48.6 Å². The maximum Gasteiger partial charge on any atom is 0.179 e. The topological polar surface area (TPSA) is 65.1 Å². The third-order valence-corrected chi connectivity index (χ3v) is 2.94. The Balaban J connectivity index is 0.00000128. The van der Waals surface area contributed by atoms with Crippen LogP contribution in [0.4, 0.5) is 0 Å². The average molecular weight is 281 g/mol. The van der Waals surface area contributed by atoms with Gasteiger partial charge in [-0.2, -0.15) is 4.73 Å². The van der Waals surface area contributed by atoms with Crippen LogP contribution in [-0.4, -0.2) is 39.5 Å². The molecule has 5 nitrogen and oxygen atoms in total. The smallest absolute Gasteiger partial charge is 0.179 e. The molecule has 0 radical (unpaired) electrons. The fourth-order valence-electron chi connectivity index (χ4n) is 1.95. The Bertz CT molecular complexity index is 421. The van der Waals surface area contributed by atoms with E-state index in [2.05, 4.69) is 16.8 Å². The van der Waals surface area contributed by atoms with Crippen LogP contribution in [0, 0.1) is 5.41 Å². The Kier molecular flexibility index (Phi) is 6.52. The summed E-state index contributed by atoms with van der Waals surface area (Å²) in [4.78, 5) is 6.54. The fraction of sp³-hybridized carbons (Fsp3) is 0.600. The van der Waals surface area contributed by atoms with E-state index < -0.39 is 0 Å². The van der Waals surface area contributed by atoms with Crippen molar-refractivity contribution in [3.05, 3.63) is 23.1 Å². The maximum absolute atomic E-state index is 9.70. The van der Waals surface area contributed by atoms with Gasteiger partial charge in [-0.15, -0.1) is 24.8 Å². The van der Waals surface area contributed by atoms with Gasteiger partial charge in [-0.05, 0) is 6.54 Å². The number of rotatable bonds is 1. The molecule has 1 aliphatic rings. The van der Waals surface area contributed by atoms with Crippen LogP contribution in [0.5, 0.6) is 0 Å². The predicted molar refractivity (Wildman–Crippen MR) is 69.3 cm³/mol. The summed E-state index contributed by atoms with van der Waals surface area (Å²) >= 11 is 0. The van der Waals surface area contributed by atoms with Crippen molar-refractivity contribution >= 4 is 24.8 Å². The van der Waals surface area contributed by atoms with Crippen molar-refractivity contribution in [3.8, 4) is 0 Å². The zero-order valence-corrected chi connectivity index (χ0v) is 11.4. The lowest BCUT2D eigenvalue weighted by molar-refractivity contribution is 0.157. The van der Waals surface area contributed by atoms with E-state index in [1.807, 2.05) is 0 Å². The SMILES string of the molecule is CCN1CCc2ncc(=N)n(O)c2CC1.Cl.Cl. The third-order valence-electron chi connectivity index (χ3n) is 2.94. The Morgan fingerprint density at radius 3 is 2.65 bits per heavy atom. The summed E-state index contributed by atoms with van der Waals surface area (Å²) in [7, 11) is 0. The van der Waals surface area contributed by atoms with Gasteiger partial charge in [-0.1, -0.05) is 6.92 Å². The standard InChI is InChI=1S/C10H16N4O.2ClH/c1-2-13-5-3-8-9(4-6-13)14(15)10(11)7-12-8;;/h7,11,15H,2-6H2,1H3;2*1H. The molecule has 0 fully saturated rings. The summed E-state index contributed by atoms with van der Waals surface area (Å²) in [6, 6.07) is 0. The molecule has 0 saturated carbocycles. The van der Waals surface area contributed by atoms with Gasteiger partial charge in [-0.3, -0.25) is 10.4 Å². The van der Waals surface area contributed by atoms with Gasteiger partial charge >= 0.3 is 0 Å². The van der Waals surface area contributed by atoms with Gasteiger partial charge < -0.3 is 10.1 Å². The minimum Gasteiger partial charge on any atom is -0.427 e. The van der Waals surface area contributed by atoms with Gasteiger partial charge in [0.05, 0.1) is 17.6 Å². The molecule has 7 heteroatoms. The normalized spacial score (nSPS) is 15.1. The van der Waals surface area contributed by atoms with Crippen LogP contribution in [0.2, 0.25) is 0 Å². The summed E-state index contributed by atoms with van der Waals surface area (Å²) < 4.78 is 0.960. The number of halogens is 2. The molecule has 98 valence electrons. The molecule has 1 aromatic rings. The molecule has 0 aliphatic carbocycles. The van der Waals surface area contributed by atoms with E-state index in [-0.39, 0.29) is 30.3 Å². The first-order chi connectivity index (χ1) is 7.22. The third kappa shape index (κ3) is 3.34. The summed E-state index contributed by atoms with van der Waals surface area (Å²) in [6.45, 7) is 5.06. The first-order valence-corrected chi connectivity index (χ1v) is 5.28. The quantitative estimate of drug-likeness (QED) is 0.750. The van der Waals surface area contributed by atoms with Crippen molar-refractivity contribution in [2.75, 3.05) is 19.6 Å². The highest BCUT2D eigenvalue weighted by atomic mass is 35.5.